The molecule has 0 aliphatic rings. The molecule has 1 N–H and O–H groups in total. The molecular formula is C16H23NO2. The lowest BCUT2D eigenvalue weighted by atomic mass is 10.1. The highest BCUT2D eigenvalue weighted by molar-refractivity contribution is 5.86. The van der Waals surface area contributed by atoms with E-state index in [0.717, 1.165) is 32.4 Å². The van der Waals surface area contributed by atoms with Crippen molar-refractivity contribution in [2.24, 2.45) is 0 Å². The summed E-state index contributed by atoms with van der Waals surface area (Å²) in [4.78, 5) is 11.1. The van der Waals surface area contributed by atoms with Crippen molar-refractivity contribution in [2.75, 3.05) is 19.7 Å². The van der Waals surface area contributed by atoms with Crippen molar-refractivity contribution in [1.29, 1.82) is 0 Å². The number of hydrogen-bond acceptors (Lipinski definition) is 3. The molecule has 0 saturated heterocycles. The molecule has 0 aromatic heterocycles. The number of benzene rings is 1. The quantitative estimate of drug-likeness (QED) is 0.422. The molecule has 1 aromatic carbocycles. The fourth-order valence-electron chi connectivity index (χ4n) is 1.67. The number of rotatable bonds is 9. The van der Waals surface area contributed by atoms with Crippen LogP contribution in [0, 0.1) is 0 Å². The van der Waals surface area contributed by atoms with E-state index in [-0.39, 0.29) is 5.97 Å². The van der Waals surface area contributed by atoms with E-state index in [1.165, 1.54) is 5.56 Å². The van der Waals surface area contributed by atoms with Gasteiger partial charge in [-0.15, -0.1) is 0 Å². The van der Waals surface area contributed by atoms with Gasteiger partial charge in [0.15, 0.2) is 0 Å². The fraction of sp³-hybridized carbons (Fsp3) is 0.438. The van der Waals surface area contributed by atoms with Gasteiger partial charge >= 0.3 is 5.97 Å². The molecule has 1 aromatic rings. The van der Waals surface area contributed by atoms with Gasteiger partial charge in [0.1, 0.15) is 0 Å². The molecule has 0 aliphatic heterocycles. The van der Waals surface area contributed by atoms with E-state index in [9.17, 15) is 4.79 Å². The summed E-state index contributed by atoms with van der Waals surface area (Å²) in [6, 6.07) is 10.5. The Bertz CT molecular complexity index is 387. The second kappa shape index (κ2) is 9.34. The minimum atomic E-state index is -0.302. The summed E-state index contributed by atoms with van der Waals surface area (Å²) < 4.78 is 5.00. The van der Waals surface area contributed by atoms with Crippen LogP contribution in [0.4, 0.5) is 0 Å². The zero-order valence-corrected chi connectivity index (χ0v) is 11.7. The highest BCUT2D eigenvalue weighted by Crippen LogP contribution is 2.01. The van der Waals surface area contributed by atoms with Gasteiger partial charge in [0, 0.05) is 5.57 Å². The molecule has 0 amide bonds. The second-order valence-corrected chi connectivity index (χ2v) is 4.61. The molecule has 104 valence electrons. The maximum atomic E-state index is 11.1. The van der Waals surface area contributed by atoms with E-state index < -0.39 is 0 Å². The molecule has 0 bridgehead atoms. The van der Waals surface area contributed by atoms with Gasteiger partial charge in [-0.1, -0.05) is 36.9 Å². The minimum Gasteiger partial charge on any atom is -0.462 e. The van der Waals surface area contributed by atoms with E-state index in [4.69, 9.17) is 4.74 Å². The van der Waals surface area contributed by atoms with E-state index in [2.05, 4.69) is 36.2 Å². The number of ether oxygens (including phenoxy) is 1. The third-order valence-electron chi connectivity index (χ3n) is 2.74. The zero-order chi connectivity index (χ0) is 13.9. The van der Waals surface area contributed by atoms with Gasteiger partial charge in [0.05, 0.1) is 6.61 Å². The standard InChI is InChI=1S/C16H23NO2/c1-14(2)16(18)19-13-7-12-17-11-6-10-15-8-4-3-5-9-15/h3-5,8-9,17H,1,6-7,10-13H2,2H3. The monoisotopic (exact) mass is 261 g/mol. The molecule has 0 radical (unpaired) electrons. The molecule has 0 aliphatic carbocycles. The van der Waals surface area contributed by atoms with Crippen LogP contribution < -0.4 is 5.32 Å². The maximum absolute atomic E-state index is 11.1. The number of aryl methyl sites for hydroxylation is 1. The lowest BCUT2D eigenvalue weighted by Crippen LogP contribution is -2.19. The first-order valence-electron chi connectivity index (χ1n) is 6.77. The van der Waals surface area contributed by atoms with Gasteiger partial charge in [-0.3, -0.25) is 0 Å². The molecule has 3 nitrogen and oxygen atoms in total. The lowest BCUT2D eigenvalue weighted by Gasteiger charge is -2.06. The summed E-state index contributed by atoms with van der Waals surface area (Å²) in [5.41, 5.74) is 1.83. The molecule has 1 rings (SSSR count). The van der Waals surface area contributed by atoms with E-state index >= 15 is 0 Å². The van der Waals surface area contributed by atoms with Crippen LogP contribution >= 0.6 is 0 Å². The first-order valence-corrected chi connectivity index (χ1v) is 6.77. The second-order valence-electron chi connectivity index (χ2n) is 4.61. The van der Waals surface area contributed by atoms with Gasteiger partial charge in [-0.05, 0) is 44.8 Å². The highest BCUT2D eigenvalue weighted by Gasteiger charge is 2.01. The predicted octanol–water partition coefficient (Wildman–Crippen LogP) is 2.72. The summed E-state index contributed by atoms with van der Waals surface area (Å²) in [6.45, 7) is 7.51. The van der Waals surface area contributed by atoms with Crippen molar-refractivity contribution < 1.29 is 9.53 Å². The largest absolute Gasteiger partial charge is 0.462 e. The van der Waals surface area contributed by atoms with Crippen LogP contribution in [0.15, 0.2) is 42.5 Å². The topological polar surface area (TPSA) is 38.3 Å². The number of hydrogen-bond donors (Lipinski definition) is 1. The summed E-state index contributed by atoms with van der Waals surface area (Å²) in [5.74, 6) is -0.302. The van der Waals surface area contributed by atoms with Crippen molar-refractivity contribution >= 4 is 5.97 Å². The Morgan fingerprint density at radius 3 is 2.58 bits per heavy atom. The van der Waals surface area contributed by atoms with Crippen molar-refractivity contribution in [2.45, 2.75) is 26.2 Å². The van der Waals surface area contributed by atoms with E-state index in [0.29, 0.717) is 12.2 Å². The Labute approximate surface area is 115 Å². The van der Waals surface area contributed by atoms with E-state index in [1.807, 2.05) is 6.07 Å². The van der Waals surface area contributed by atoms with Crippen molar-refractivity contribution in [1.82, 2.24) is 5.32 Å². The Kier molecular flexibility index (Phi) is 7.59. The predicted molar refractivity (Wildman–Crippen MR) is 78.0 cm³/mol. The van der Waals surface area contributed by atoms with Crippen LogP contribution in [0.3, 0.4) is 0 Å². The Morgan fingerprint density at radius 2 is 1.89 bits per heavy atom. The van der Waals surface area contributed by atoms with Gasteiger partial charge < -0.3 is 10.1 Å². The Hall–Kier alpha value is -1.61. The van der Waals surface area contributed by atoms with Crippen LogP contribution in [0.1, 0.15) is 25.3 Å². The third-order valence-corrected chi connectivity index (χ3v) is 2.74. The van der Waals surface area contributed by atoms with Crippen LogP contribution in [-0.4, -0.2) is 25.7 Å². The SMILES string of the molecule is C=C(C)C(=O)OCCCNCCCc1ccccc1. The smallest absolute Gasteiger partial charge is 0.333 e. The van der Waals surface area contributed by atoms with Crippen molar-refractivity contribution in [3.05, 3.63) is 48.0 Å². The number of nitrogens with one attached hydrogen (secondary N) is 1. The molecule has 0 spiro atoms. The average Bonchev–Trinajstić information content (AvgIpc) is 2.42. The molecule has 0 heterocycles. The molecular weight excluding hydrogens is 238 g/mol. The van der Waals surface area contributed by atoms with Crippen LogP contribution in [0.25, 0.3) is 0 Å². The fourth-order valence-corrected chi connectivity index (χ4v) is 1.67. The molecule has 0 atom stereocenters. The molecule has 0 saturated carbocycles. The van der Waals surface area contributed by atoms with Crippen LogP contribution in [0.2, 0.25) is 0 Å². The molecule has 0 fully saturated rings. The maximum Gasteiger partial charge on any atom is 0.333 e. The molecule has 0 unspecified atom stereocenters. The van der Waals surface area contributed by atoms with Crippen molar-refractivity contribution in [3.63, 3.8) is 0 Å². The Morgan fingerprint density at radius 1 is 1.21 bits per heavy atom. The van der Waals surface area contributed by atoms with Gasteiger partial charge in [0.2, 0.25) is 0 Å². The number of carbonyl (C=O) groups excluding carboxylic acids is 1. The van der Waals surface area contributed by atoms with Gasteiger partial charge in [-0.25, -0.2) is 4.79 Å². The average molecular weight is 261 g/mol. The van der Waals surface area contributed by atoms with E-state index in [1.54, 1.807) is 6.92 Å². The molecule has 19 heavy (non-hydrogen) atoms. The minimum absolute atomic E-state index is 0.302. The highest BCUT2D eigenvalue weighted by atomic mass is 16.5. The van der Waals surface area contributed by atoms with Crippen LogP contribution in [0.5, 0.6) is 0 Å². The Balaban J connectivity index is 1.92. The molecule has 3 heteroatoms. The first kappa shape index (κ1) is 15.4. The van der Waals surface area contributed by atoms with Crippen molar-refractivity contribution in [3.8, 4) is 0 Å². The normalized spacial score (nSPS) is 10.2. The summed E-state index contributed by atoms with van der Waals surface area (Å²) in [7, 11) is 0. The zero-order valence-electron chi connectivity index (χ0n) is 11.7. The van der Waals surface area contributed by atoms with Gasteiger partial charge in [0.25, 0.3) is 0 Å². The number of carbonyl (C=O) groups is 1. The summed E-state index contributed by atoms with van der Waals surface area (Å²) in [5, 5.41) is 3.34. The summed E-state index contributed by atoms with van der Waals surface area (Å²) >= 11 is 0. The first-order chi connectivity index (χ1) is 9.20. The number of esters is 1. The third kappa shape index (κ3) is 7.42. The van der Waals surface area contributed by atoms with Gasteiger partial charge in [-0.2, -0.15) is 0 Å². The van der Waals surface area contributed by atoms with Crippen LogP contribution in [-0.2, 0) is 16.0 Å². The summed E-state index contributed by atoms with van der Waals surface area (Å²) in [6.07, 6.45) is 3.05. The lowest BCUT2D eigenvalue weighted by molar-refractivity contribution is -0.139.